The molecular weight excluding hydrogens is 734 g/mol. The van der Waals surface area contributed by atoms with Gasteiger partial charge in [-0.25, -0.2) is 19.2 Å². The van der Waals surface area contributed by atoms with Crippen LogP contribution in [0.1, 0.15) is 28.5 Å². The number of halogens is 1. The van der Waals surface area contributed by atoms with Gasteiger partial charge in [0, 0.05) is 55.6 Å². The quantitative estimate of drug-likeness (QED) is 0.0554. The second kappa shape index (κ2) is 17.5. The molecule has 2 heterocycles. The summed E-state index contributed by atoms with van der Waals surface area (Å²) in [5.41, 5.74) is 3.36. The standard InChI is InChI=1S/C36H54FN7O6SSi2/c1-10-25-19-32(50-24-49-16-18-53(7,8)9)28(37)20-27(25)29-21-31-33(34(36(45)39-2)42-44(31)23-48-15-17-52(4,5)6)35(41-29)40-22-26-13-11-12-14-30(26)43(3)51(38,46)47/h11-14,19-21H,10,15-18,22-24H2,1-9H3,(H,39,45)(H,40,41)(H2,38,46,47). The fourth-order valence-electron chi connectivity index (χ4n) is 5.43. The van der Waals surface area contributed by atoms with E-state index in [-0.39, 0.29) is 37.3 Å². The molecule has 4 aromatic rings. The maximum absolute atomic E-state index is 15.7. The fourth-order valence-corrected chi connectivity index (χ4v) is 7.39. The Morgan fingerprint density at radius 2 is 1.66 bits per heavy atom. The molecule has 0 saturated heterocycles. The summed E-state index contributed by atoms with van der Waals surface area (Å²) in [5, 5.41) is 16.5. The van der Waals surface area contributed by atoms with Gasteiger partial charge in [-0.3, -0.25) is 9.10 Å². The Labute approximate surface area is 314 Å². The molecule has 0 aliphatic carbocycles. The fraction of sp³-hybridized carbons (Fsp3) is 0.472. The van der Waals surface area contributed by atoms with E-state index in [1.807, 2.05) is 6.92 Å². The largest absolute Gasteiger partial charge is 0.464 e. The van der Waals surface area contributed by atoms with Crippen molar-refractivity contribution in [2.24, 2.45) is 5.14 Å². The van der Waals surface area contributed by atoms with Gasteiger partial charge in [-0.05, 0) is 53.9 Å². The molecule has 0 bridgehead atoms. The number of hydrogen-bond acceptors (Lipinski definition) is 9. The molecule has 4 rings (SSSR count). The number of fused-ring (bicyclic) bond motifs is 1. The highest BCUT2D eigenvalue weighted by atomic mass is 32.2. The van der Waals surface area contributed by atoms with E-state index in [4.69, 9.17) is 24.3 Å². The second-order valence-electron chi connectivity index (χ2n) is 15.3. The van der Waals surface area contributed by atoms with E-state index in [2.05, 4.69) is 55.0 Å². The van der Waals surface area contributed by atoms with Gasteiger partial charge in [0.1, 0.15) is 12.5 Å². The van der Waals surface area contributed by atoms with Gasteiger partial charge in [0.25, 0.3) is 16.1 Å². The topological polar surface area (TPSA) is 163 Å². The number of benzene rings is 2. The Balaban J connectivity index is 1.82. The Bertz CT molecular complexity index is 2020. The third kappa shape index (κ3) is 11.3. The van der Waals surface area contributed by atoms with Crippen molar-refractivity contribution in [1.29, 1.82) is 0 Å². The number of nitrogens with zero attached hydrogens (tertiary/aromatic N) is 4. The van der Waals surface area contributed by atoms with Crippen LogP contribution < -0.4 is 24.8 Å². The zero-order chi connectivity index (χ0) is 39.1. The summed E-state index contributed by atoms with van der Waals surface area (Å²) in [6.07, 6.45) is 0.542. The summed E-state index contributed by atoms with van der Waals surface area (Å²) in [6, 6.07) is 13.6. The van der Waals surface area contributed by atoms with Crippen molar-refractivity contribution >= 4 is 54.7 Å². The zero-order valence-electron chi connectivity index (χ0n) is 32.3. The second-order valence-corrected chi connectivity index (χ2v) is 28.1. The van der Waals surface area contributed by atoms with Gasteiger partial charge in [0.2, 0.25) is 0 Å². The van der Waals surface area contributed by atoms with E-state index in [0.717, 1.165) is 22.0 Å². The van der Waals surface area contributed by atoms with Gasteiger partial charge < -0.3 is 24.8 Å². The van der Waals surface area contributed by atoms with E-state index >= 15 is 4.39 Å². The van der Waals surface area contributed by atoms with Crippen LogP contribution in [0, 0.1) is 5.82 Å². The summed E-state index contributed by atoms with van der Waals surface area (Å²) in [5.74, 6) is -0.638. The molecule has 17 heteroatoms. The van der Waals surface area contributed by atoms with Crippen molar-refractivity contribution in [3.05, 3.63) is 65.1 Å². The number of carbonyl (C=O) groups excluding carboxylic acids is 1. The van der Waals surface area contributed by atoms with E-state index in [1.165, 1.54) is 20.2 Å². The lowest BCUT2D eigenvalue weighted by atomic mass is 10.00. The first-order valence-electron chi connectivity index (χ1n) is 17.7. The summed E-state index contributed by atoms with van der Waals surface area (Å²) >= 11 is 0. The zero-order valence-corrected chi connectivity index (χ0v) is 35.1. The third-order valence-electron chi connectivity index (χ3n) is 8.65. The van der Waals surface area contributed by atoms with E-state index in [0.29, 0.717) is 53.0 Å². The summed E-state index contributed by atoms with van der Waals surface area (Å²) < 4.78 is 60.3. The minimum Gasteiger partial charge on any atom is -0.464 e. The highest BCUT2D eigenvalue weighted by Crippen LogP contribution is 2.35. The number of rotatable bonds is 19. The van der Waals surface area contributed by atoms with Crippen molar-refractivity contribution in [3.63, 3.8) is 0 Å². The smallest absolute Gasteiger partial charge is 0.298 e. The van der Waals surface area contributed by atoms with Crippen LogP contribution in [0.3, 0.4) is 0 Å². The molecule has 0 aliphatic rings. The number of para-hydroxylation sites is 1. The average molecular weight is 788 g/mol. The maximum Gasteiger partial charge on any atom is 0.298 e. The number of hydrogen-bond donors (Lipinski definition) is 3. The van der Waals surface area contributed by atoms with Gasteiger partial charge in [0.15, 0.2) is 24.1 Å². The summed E-state index contributed by atoms with van der Waals surface area (Å²) in [7, 11) is -3.82. The number of nitrogens with two attached hydrogens (primary N) is 1. The van der Waals surface area contributed by atoms with Crippen LogP contribution in [0.15, 0.2) is 42.5 Å². The van der Waals surface area contributed by atoms with Gasteiger partial charge in [-0.1, -0.05) is 64.4 Å². The molecular formula is C36H54FN7O6SSi2. The summed E-state index contributed by atoms with van der Waals surface area (Å²) in [6.45, 7) is 16.7. The Kier molecular flexibility index (Phi) is 13.8. The molecule has 53 heavy (non-hydrogen) atoms. The average Bonchev–Trinajstić information content (AvgIpc) is 3.46. The first-order chi connectivity index (χ1) is 24.8. The Hall–Kier alpha value is -3.88. The van der Waals surface area contributed by atoms with Gasteiger partial charge in [-0.15, -0.1) is 0 Å². The molecule has 0 atom stereocenters. The van der Waals surface area contributed by atoms with E-state index in [1.54, 1.807) is 41.1 Å². The van der Waals surface area contributed by atoms with Gasteiger partial charge >= 0.3 is 0 Å². The molecule has 0 spiro atoms. The SMILES string of the molecule is CCc1cc(OCOCC[Si](C)(C)C)c(F)cc1-c1cc2c(c(NCc3ccccc3N(C)S(N)(=O)=O)n1)c(C(=O)NC)nn2COCC[Si](C)(C)C. The van der Waals surface area contributed by atoms with Crippen LogP contribution in [0.25, 0.3) is 22.2 Å². The monoisotopic (exact) mass is 787 g/mol. The molecule has 0 radical (unpaired) electrons. The number of pyridine rings is 1. The predicted molar refractivity (Wildman–Crippen MR) is 215 cm³/mol. The van der Waals surface area contributed by atoms with Gasteiger partial charge in [-0.2, -0.15) is 13.5 Å². The number of carbonyl (C=O) groups is 1. The first-order valence-corrected chi connectivity index (χ1v) is 26.6. The molecule has 0 aliphatic heterocycles. The molecule has 13 nitrogen and oxygen atoms in total. The molecule has 0 fully saturated rings. The number of aromatic nitrogens is 3. The normalized spacial score (nSPS) is 12.3. The Morgan fingerprint density at radius 1 is 1.00 bits per heavy atom. The number of nitrogens with one attached hydrogen (secondary N) is 2. The van der Waals surface area contributed by atoms with E-state index < -0.39 is 38.1 Å². The van der Waals surface area contributed by atoms with Crippen molar-refractivity contribution < 1.29 is 31.8 Å². The predicted octanol–water partition coefficient (Wildman–Crippen LogP) is 6.41. The van der Waals surface area contributed by atoms with E-state index in [9.17, 15) is 13.2 Å². The Morgan fingerprint density at radius 3 is 2.28 bits per heavy atom. The van der Waals surface area contributed by atoms with Crippen LogP contribution in [-0.2, 0) is 39.4 Å². The highest BCUT2D eigenvalue weighted by Gasteiger charge is 2.25. The number of amides is 1. The molecule has 290 valence electrons. The van der Waals surface area contributed by atoms with Crippen molar-refractivity contribution in [2.75, 3.05) is 43.7 Å². The van der Waals surface area contributed by atoms with Crippen molar-refractivity contribution in [3.8, 4) is 17.0 Å². The van der Waals surface area contributed by atoms with Crippen molar-refractivity contribution in [2.45, 2.75) is 78.0 Å². The molecule has 4 N–H and O–H groups in total. The molecule has 0 saturated carbocycles. The molecule has 0 unspecified atom stereocenters. The lowest BCUT2D eigenvalue weighted by Gasteiger charge is -2.20. The van der Waals surface area contributed by atoms with Crippen LogP contribution in [0.2, 0.25) is 51.4 Å². The molecule has 1 amide bonds. The minimum atomic E-state index is -4.05. The van der Waals surface area contributed by atoms with Crippen molar-refractivity contribution in [1.82, 2.24) is 20.1 Å². The minimum absolute atomic E-state index is 0.0660. The number of aryl methyl sites for hydroxylation is 1. The first kappa shape index (κ1) is 41.9. The maximum atomic E-state index is 15.7. The summed E-state index contributed by atoms with van der Waals surface area (Å²) in [4.78, 5) is 18.2. The molecule has 2 aromatic carbocycles. The van der Waals surface area contributed by atoms with Crippen LogP contribution >= 0.6 is 0 Å². The van der Waals surface area contributed by atoms with Crippen LogP contribution in [-0.4, -0.2) is 79.3 Å². The number of ether oxygens (including phenoxy) is 3. The lowest BCUT2D eigenvalue weighted by molar-refractivity contribution is 0.0197. The molecule has 2 aromatic heterocycles. The highest BCUT2D eigenvalue weighted by molar-refractivity contribution is 7.90. The third-order valence-corrected chi connectivity index (χ3v) is 13.0. The van der Waals surface area contributed by atoms with Crippen LogP contribution in [0.4, 0.5) is 15.9 Å². The number of anilines is 2. The lowest BCUT2D eigenvalue weighted by Crippen LogP contribution is -2.33. The van der Waals surface area contributed by atoms with Gasteiger partial charge in [0.05, 0.1) is 22.3 Å². The van der Waals surface area contributed by atoms with Crippen LogP contribution in [0.5, 0.6) is 5.75 Å².